The molecule has 0 aromatic carbocycles. The van der Waals surface area contributed by atoms with E-state index in [-0.39, 0.29) is 0 Å². The maximum atomic E-state index is 11.4. The maximum absolute atomic E-state index is 11.4. The fraction of sp³-hybridized carbons (Fsp3) is 0.545. The van der Waals surface area contributed by atoms with Crippen molar-refractivity contribution in [2.24, 2.45) is 0 Å². The molecule has 6 heteroatoms. The van der Waals surface area contributed by atoms with Gasteiger partial charge in [0.25, 0.3) is 0 Å². The zero-order chi connectivity index (χ0) is 12.3. The Morgan fingerprint density at radius 2 is 2.12 bits per heavy atom. The third-order valence-electron chi connectivity index (χ3n) is 3.08. The Morgan fingerprint density at radius 3 is 2.65 bits per heavy atom. The molecular formula is C11H18N3O2S+. The molecule has 1 aromatic heterocycles. The second-order valence-electron chi connectivity index (χ2n) is 4.45. The van der Waals surface area contributed by atoms with E-state index in [0.29, 0.717) is 13.1 Å². The van der Waals surface area contributed by atoms with Gasteiger partial charge in [-0.1, -0.05) is 6.07 Å². The van der Waals surface area contributed by atoms with Crippen LogP contribution in [0.15, 0.2) is 24.5 Å². The fourth-order valence-electron chi connectivity index (χ4n) is 2.10. The summed E-state index contributed by atoms with van der Waals surface area (Å²) in [6.07, 6.45) is 4.91. The van der Waals surface area contributed by atoms with E-state index in [1.165, 1.54) is 16.7 Å². The molecule has 2 heterocycles. The van der Waals surface area contributed by atoms with Crippen molar-refractivity contribution < 1.29 is 13.3 Å². The highest BCUT2D eigenvalue weighted by molar-refractivity contribution is 7.88. The van der Waals surface area contributed by atoms with Gasteiger partial charge in [-0.15, -0.1) is 0 Å². The molecule has 1 saturated heterocycles. The number of sulfonamides is 1. The van der Waals surface area contributed by atoms with Crippen LogP contribution in [0.3, 0.4) is 0 Å². The number of nitrogens with one attached hydrogen (secondary N) is 1. The Labute approximate surface area is 102 Å². The summed E-state index contributed by atoms with van der Waals surface area (Å²) in [5.74, 6) is 0. The second-order valence-corrected chi connectivity index (χ2v) is 6.43. The third-order valence-corrected chi connectivity index (χ3v) is 4.38. The molecule has 0 bridgehead atoms. The van der Waals surface area contributed by atoms with Gasteiger partial charge in [-0.3, -0.25) is 4.98 Å². The van der Waals surface area contributed by atoms with Crippen molar-refractivity contribution in [3.8, 4) is 0 Å². The number of quaternary nitrogens is 1. The number of hydrogen-bond donors (Lipinski definition) is 1. The van der Waals surface area contributed by atoms with Crippen LogP contribution in [0.5, 0.6) is 0 Å². The predicted molar refractivity (Wildman–Crippen MR) is 65.1 cm³/mol. The molecule has 0 amide bonds. The Hall–Kier alpha value is -0.980. The van der Waals surface area contributed by atoms with Crippen LogP contribution < -0.4 is 4.90 Å². The van der Waals surface area contributed by atoms with Crippen molar-refractivity contribution in [3.05, 3.63) is 30.1 Å². The van der Waals surface area contributed by atoms with Gasteiger partial charge in [0, 0.05) is 18.0 Å². The third kappa shape index (κ3) is 3.49. The molecule has 94 valence electrons. The molecule has 0 unspecified atom stereocenters. The fourth-order valence-corrected chi connectivity index (χ4v) is 2.95. The zero-order valence-electron chi connectivity index (χ0n) is 9.96. The van der Waals surface area contributed by atoms with Crippen LogP contribution in [0.25, 0.3) is 0 Å². The summed E-state index contributed by atoms with van der Waals surface area (Å²) < 4.78 is 24.3. The normalized spacial score (nSPS) is 19.4. The van der Waals surface area contributed by atoms with Gasteiger partial charge in [0.15, 0.2) is 0 Å². The Kier molecular flexibility index (Phi) is 3.76. The van der Waals surface area contributed by atoms with Gasteiger partial charge in [-0.25, -0.2) is 8.42 Å². The quantitative estimate of drug-likeness (QED) is 0.734. The number of pyridine rings is 1. The first-order chi connectivity index (χ1) is 8.05. The van der Waals surface area contributed by atoms with Crippen LogP contribution >= 0.6 is 0 Å². The van der Waals surface area contributed by atoms with Crippen LogP contribution in [-0.4, -0.2) is 50.1 Å². The van der Waals surface area contributed by atoms with Gasteiger partial charge in [0.2, 0.25) is 10.0 Å². The lowest BCUT2D eigenvalue weighted by Crippen LogP contribution is -3.13. The lowest BCUT2D eigenvalue weighted by atomic mass is 10.2. The highest BCUT2D eigenvalue weighted by Crippen LogP contribution is 1.98. The van der Waals surface area contributed by atoms with Gasteiger partial charge >= 0.3 is 0 Å². The molecule has 1 N–H and O–H groups in total. The van der Waals surface area contributed by atoms with E-state index in [2.05, 4.69) is 11.1 Å². The first-order valence-electron chi connectivity index (χ1n) is 5.73. The van der Waals surface area contributed by atoms with Crippen molar-refractivity contribution in [1.29, 1.82) is 0 Å². The smallest absolute Gasteiger partial charge is 0.211 e. The van der Waals surface area contributed by atoms with Crippen molar-refractivity contribution in [3.63, 3.8) is 0 Å². The Bertz CT molecular complexity index is 453. The SMILES string of the molecule is CS(=O)(=O)N1CC[NH+](Cc2cccnc2)CC1. The minimum absolute atomic E-state index is 0.619. The van der Waals surface area contributed by atoms with E-state index in [1.807, 2.05) is 12.3 Å². The monoisotopic (exact) mass is 256 g/mol. The predicted octanol–water partition coefficient (Wildman–Crippen LogP) is -1.26. The van der Waals surface area contributed by atoms with E-state index in [4.69, 9.17) is 0 Å². The van der Waals surface area contributed by atoms with Crippen molar-refractivity contribution in [1.82, 2.24) is 9.29 Å². The molecule has 17 heavy (non-hydrogen) atoms. The molecule has 5 nitrogen and oxygen atoms in total. The summed E-state index contributed by atoms with van der Waals surface area (Å²) in [7, 11) is -3.01. The average Bonchev–Trinajstić information content (AvgIpc) is 2.30. The molecule has 1 aliphatic heterocycles. The van der Waals surface area contributed by atoms with Crippen molar-refractivity contribution in [2.75, 3.05) is 32.4 Å². The summed E-state index contributed by atoms with van der Waals surface area (Å²) in [6.45, 7) is 3.89. The van der Waals surface area contributed by atoms with E-state index >= 15 is 0 Å². The van der Waals surface area contributed by atoms with Crippen LogP contribution in [0.2, 0.25) is 0 Å². The van der Waals surface area contributed by atoms with E-state index < -0.39 is 10.0 Å². The summed E-state index contributed by atoms with van der Waals surface area (Å²) in [4.78, 5) is 5.50. The van der Waals surface area contributed by atoms with Gasteiger partial charge in [-0.2, -0.15) is 4.31 Å². The highest BCUT2D eigenvalue weighted by atomic mass is 32.2. The molecule has 1 fully saturated rings. The molecule has 0 aliphatic carbocycles. The van der Waals surface area contributed by atoms with Crippen LogP contribution in [-0.2, 0) is 16.6 Å². The molecule has 0 saturated carbocycles. The number of hydrogen-bond acceptors (Lipinski definition) is 3. The summed E-state index contributed by atoms with van der Waals surface area (Å²) in [6, 6.07) is 3.99. The van der Waals surface area contributed by atoms with E-state index in [9.17, 15) is 8.42 Å². The molecule has 1 aliphatic rings. The summed E-state index contributed by atoms with van der Waals surface area (Å²) in [5, 5.41) is 0. The molecular weight excluding hydrogens is 238 g/mol. The van der Waals surface area contributed by atoms with Crippen molar-refractivity contribution >= 4 is 10.0 Å². The number of nitrogens with zero attached hydrogens (tertiary/aromatic N) is 2. The van der Waals surface area contributed by atoms with Gasteiger partial charge in [0.05, 0.1) is 32.4 Å². The average molecular weight is 256 g/mol. The number of piperazine rings is 1. The summed E-state index contributed by atoms with van der Waals surface area (Å²) >= 11 is 0. The molecule has 0 radical (unpaired) electrons. The van der Waals surface area contributed by atoms with E-state index in [0.717, 1.165) is 19.6 Å². The van der Waals surface area contributed by atoms with Gasteiger partial charge < -0.3 is 4.90 Å². The Balaban J connectivity index is 1.88. The van der Waals surface area contributed by atoms with Gasteiger partial charge in [-0.05, 0) is 6.07 Å². The van der Waals surface area contributed by atoms with Crippen LogP contribution in [0, 0.1) is 0 Å². The number of rotatable bonds is 3. The molecule has 0 atom stereocenters. The molecule has 0 spiro atoms. The van der Waals surface area contributed by atoms with E-state index in [1.54, 1.807) is 10.5 Å². The summed E-state index contributed by atoms with van der Waals surface area (Å²) in [5.41, 5.74) is 1.20. The maximum Gasteiger partial charge on any atom is 0.211 e. The zero-order valence-corrected chi connectivity index (χ0v) is 10.8. The topological polar surface area (TPSA) is 54.7 Å². The number of aromatic nitrogens is 1. The Morgan fingerprint density at radius 1 is 1.41 bits per heavy atom. The minimum atomic E-state index is -3.01. The van der Waals surface area contributed by atoms with Gasteiger partial charge in [0.1, 0.15) is 6.54 Å². The van der Waals surface area contributed by atoms with Crippen LogP contribution in [0.4, 0.5) is 0 Å². The lowest BCUT2D eigenvalue weighted by Gasteiger charge is -2.30. The standard InChI is InChI=1S/C11H17N3O2S/c1-17(15,16)14-7-5-13(6-8-14)10-11-3-2-4-12-9-11/h2-4,9H,5-8,10H2,1H3/p+1. The largest absolute Gasteiger partial charge is 0.329 e. The first kappa shape index (κ1) is 12.5. The molecule has 2 rings (SSSR count). The lowest BCUT2D eigenvalue weighted by molar-refractivity contribution is -0.917. The second kappa shape index (κ2) is 5.12. The highest BCUT2D eigenvalue weighted by Gasteiger charge is 2.25. The van der Waals surface area contributed by atoms with Crippen molar-refractivity contribution in [2.45, 2.75) is 6.54 Å². The van der Waals surface area contributed by atoms with Crippen LogP contribution in [0.1, 0.15) is 5.56 Å². The molecule has 1 aromatic rings. The first-order valence-corrected chi connectivity index (χ1v) is 7.58. The minimum Gasteiger partial charge on any atom is -0.329 e.